The number of benzene rings is 1. The smallest absolute Gasteiger partial charge is 0.320 e. The minimum atomic E-state index is -0.376. The molecular weight excluding hydrogens is 308 g/mol. The van der Waals surface area contributed by atoms with Gasteiger partial charge >= 0.3 is 6.03 Å². The number of hydrogen-bond donors (Lipinski definition) is 2. The number of hydrogen-bond acceptors (Lipinski definition) is 4. The molecule has 7 nitrogen and oxygen atoms in total. The van der Waals surface area contributed by atoms with Gasteiger partial charge in [0.1, 0.15) is 11.6 Å². The summed E-state index contributed by atoms with van der Waals surface area (Å²) in [5, 5.41) is 5.45. The van der Waals surface area contributed by atoms with Crippen LogP contribution in [0.5, 0.6) is 5.75 Å². The maximum atomic E-state index is 12.2. The molecule has 7 heteroatoms. The first-order valence-corrected chi connectivity index (χ1v) is 7.58. The number of pyridine rings is 1. The Morgan fingerprint density at radius 2 is 2.17 bits per heavy atom. The lowest BCUT2D eigenvalue weighted by atomic mass is 10.2. The summed E-state index contributed by atoms with van der Waals surface area (Å²) < 4.78 is 5.18. The molecule has 2 heterocycles. The van der Waals surface area contributed by atoms with Crippen molar-refractivity contribution in [3.63, 3.8) is 0 Å². The Kier molecular flexibility index (Phi) is 4.60. The van der Waals surface area contributed by atoms with Crippen LogP contribution in [0.3, 0.4) is 0 Å². The summed E-state index contributed by atoms with van der Waals surface area (Å²) in [6.07, 6.45) is 1.85. The van der Waals surface area contributed by atoms with Gasteiger partial charge in [-0.2, -0.15) is 0 Å². The van der Waals surface area contributed by atoms with Gasteiger partial charge in [0.25, 0.3) is 0 Å². The number of anilines is 2. The number of methoxy groups -OCH3 is 1. The summed E-state index contributed by atoms with van der Waals surface area (Å²) in [6, 6.07) is 11.9. The number of urea groups is 1. The van der Waals surface area contributed by atoms with Gasteiger partial charge in [0.2, 0.25) is 5.91 Å². The Morgan fingerprint density at radius 3 is 2.92 bits per heavy atom. The maximum absolute atomic E-state index is 12.2. The zero-order valence-electron chi connectivity index (χ0n) is 13.2. The second-order valence-electron chi connectivity index (χ2n) is 5.42. The SMILES string of the molecule is COc1cccc(N2C[C@@H](NC(=O)Nc3ccccn3)CC2=O)c1. The number of rotatable bonds is 4. The molecule has 2 aromatic rings. The molecule has 0 aliphatic carbocycles. The first kappa shape index (κ1) is 15.8. The van der Waals surface area contributed by atoms with E-state index in [9.17, 15) is 9.59 Å². The van der Waals surface area contributed by atoms with Crippen molar-refractivity contribution in [1.29, 1.82) is 0 Å². The van der Waals surface area contributed by atoms with Crippen LogP contribution in [0, 0.1) is 0 Å². The average Bonchev–Trinajstić information content (AvgIpc) is 2.96. The number of nitrogens with one attached hydrogen (secondary N) is 2. The van der Waals surface area contributed by atoms with Gasteiger partial charge in [-0.1, -0.05) is 12.1 Å². The molecule has 0 radical (unpaired) electrons. The largest absolute Gasteiger partial charge is 0.497 e. The molecule has 1 aromatic carbocycles. The molecule has 0 saturated carbocycles. The molecule has 1 aliphatic heterocycles. The topological polar surface area (TPSA) is 83.6 Å². The third kappa shape index (κ3) is 3.62. The molecule has 1 atom stereocenters. The van der Waals surface area contributed by atoms with Gasteiger partial charge in [0, 0.05) is 30.9 Å². The summed E-state index contributed by atoms with van der Waals surface area (Å²) in [6.45, 7) is 0.418. The lowest BCUT2D eigenvalue weighted by molar-refractivity contribution is -0.117. The van der Waals surface area contributed by atoms with E-state index < -0.39 is 0 Å². The highest BCUT2D eigenvalue weighted by molar-refractivity contribution is 5.97. The first-order valence-electron chi connectivity index (χ1n) is 7.58. The Bertz CT molecular complexity index is 736. The lowest BCUT2D eigenvalue weighted by Crippen LogP contribution is -2.39. The van der Waals surface area contributed by atoms with Crippen molar-refractivity contribution in [2.45, 2.75) is 12.5 Å². The normalized spacial score (nSPS) is 16.8. The molecule has 0 unspecified atom stereocenters. The van der Waals surface area contributed by atoms with E-state index >= 15 is 0 Å². The Labute approximate surface area is 139 Å². The van der Waals surface area contributed by atoms with Crippen molar-refractivity contribution < 1.29 is 14.3 Å². The van der Waals surface area contributed by atoms with E-state index in [4.69, 9.17) is 4.74 Å². The van der Waals surface area contributed by atoms with Crippen LogP contribution in [0.15, 0.2) is 48.7 Å². The van der Waals surface area contributed by atoms with Crippen LogP contribution in [0.4, 0.5) is 16.3 Å². The third-order valence-electron chi connectivity index (χ3n) is 3.73. The summed E-state index contributed by atoms with van der Waals surface area (Å²) >= 11 is 0. The minimum absolute atomic E-state index is 0.0358. The van der Waals surface area contributed by atoms with Crippen LogP contribution in [0.2, 0.25) is 0 Å². The summed E-state index contributed by atoms with van der Waals surface area (Å²) in [7, 11) is 1.58. The van der Waals surface area contributed by atoms with Crippen LogP contribution in [-0.2, 0) is 4.79 Å². The van der Waals surface area contributed by atoms with Gasteiger partial charge in [-0.15, -0.1) is 0 Å². The Hall–Kier alpha value is -3.09. The average molecular weight is 326 g/mol. The van der Waals surface area contributed by atoms with Crippen molar-refractivity contribution in [1.82, 2.24) is 10.3 Å². The number of aromatic nitrogens is 1. The number of ether oxygens (including phenoxy) is 1. The maximum Gasteiger partial charge on any atom is 0.320 e. The second-order valence-corrected chi connectivity index (χ2v) is 5.42. The van der Waals surface area contributed by atoms with Crippen LogP contribution < -0.4 is 20.3 Å². The zero-order valence-corrected chi connectivity index (χ0v) is 13.2. The van der Waals surface area contributed by atoms with E-state index in [1.54, 1.807) is 42.5 Å². The molecule has 1 fully saturated rings. The lowest BCUT2D eigenvalue weighted by Gasteiger charge is -2.18. The summed E-state index contributed by atoms with van der Waals surface area (Å²) in [5.41, 5.74) is 0.758. The van der Waals surface area contributed by atoms with Crippen LogP contribution in [-0.4, -0.2) is 36.6 Å². The second kappa shape index (κ2) is 6.99. The Morgan fingerprint density at radius 1 is 1.29 bits per heavy atom. The Balaban J connectivity index is 1.61. The van der Waals surface area contributed by atoms with Gasteiger partial charge < -0.3 is 15.0 Å². The third-order valence-corrected chi connectivity index (χ3v) is 3.73. The van der Waals surface area contributed by atoms with Crippen molar-refractivity contribution in [2.75, 3.05) is 23.9 Å². The molecule has 24 heavy (non-hydrogen) atoms. The number of amides is 3. The molecular formula is C17H18N4O3. The van der Waals surface area contributed by atoms with Crippen molar-refractivity contribution in [3.05, 3.63) is 48.7 Å². The molecule has 2 N–H and O–H groups in total. The standard InChI is InChI=1S/C17H18N4O3/c1-24-14-6-4-5-13(10-14)21-11-12(9-16(21)22)19-17(23)20-15-7-2-3-8-18-15/h2-8,10,12H,9,11H2,1H3,(H2,18,19,20,23)/t12-/m0/s1. The molecule has 3 amide bonds. The fraction of sp³-hybridized carbons (Fsp3) is 0.235. The van der Waals surface area contributed by atoms with Crippen molar-refractivity contribution in [3.8, 4) is 5.75 Å². The number of carbonyl (C=O) groups excluding carboxylic acids is 2. The highest BCUT2D eigenvalue weighted by atomic mass is 16.5. The predicted octanol–water partition coefficient (Wildman–Crippen LogP) is 2.02. The highest BCUT2D eigenvalue weighted by Crippen LogP contribution is 2.25. The molecule has 3 rings (SSSR count). The minimum Gasteiger partial charge on any atom is -0.497 e. The van der Waals surface area contributed by atoms with Gasteiger partial charge in [-0.25, -0.2) is 9.78 Å². The zero-order chi connectivity index (χ0) is 16.9. The van der Waals surface area contributed by atoms with Gasteiger partial charge in [0.05, 0.1) is 13.2 Å². The molecule has 0 spiro atoms. The van der Waals surface area contributed by atoms with Gasteiger partial charge in [-0.05, 0) is 24.3 Å². The van der Waals surface area contributed by atoms with E-state index in [1.165, 1.54) is 0 Å². The molecule has 0 bridgehead atoms. The fourth-order valence-corrected chi connectivity index (χ4v) is 2.61. The molecule has 1 aromatic heterocycles. The number of carbonyl (C=O) groups is 2. The monoisotopic (exact) mass is 326 g/mol. The van der Waals surface area contributed by atoms with Crippen LogP contribution >= 0.6 is 0 Å². The van der Waals surface area contributed by atoms with Gasteiger partial charge in [-0.3, -0.25) is 10.1 Å². The van der Waals surface area contributed by atoms with E-state index in [-0.39, 0.29) is 24.4 Å². The number of nitrogens with zero attached hydrogens (tertiary/aromatic N) is 2. The van der Waals surface area contributed by atoms with E-state index in [0.717, 1.165) is 5.69 Å². The van der Waals surface area contributed by atoms with Gasteiger partial charge in [0.15, 0.2) is 0 Å². The van der Waals surface area contributed by atoms with Crippen molar-refractivity contribution in [2.24, 2.45) is 0 Å². The highest BCUT2D eigenvalue weighted by Gasteiger charge is 2.31. The first-order chi connectivity index (χ1) is 11.7. The predicted molar refractivity (Wildman–Crippen MR) is 90.1 cm³/mol. The molecule has 1 aliphatic rings. The van der Waals surface area contributed by atoms with E-state index in [0.29, 0.717) is 18.1 Å². The van der Waals surface area contributed by atoms with Crippen LogP contribution in [0.25, 0.3) is 0 Å². The van der Waals surface area contributed by atoms with E-state index in [2.05, 4.69) is 15.6 Å². The molecule has 1 saturated heterocycles. The summed E-state index contributed by atoms with van der Waals surface area (Å²) in [4.78, 5) is 29.9. The van der Waals surface area contributed by atoms with Crippen molar-refractivity contribution >= 4 is 23.4 Å². The van der Waals surface area contributed by atoms with E-state index in [1.807, 2.05) is 18.2 Å². The van der Waals surface area contributed by atoms with Crippen LogP contribution in [0.1, 0.15) is 6.42 Å². The molecule has 124 valence electrons. The summed E-state index contributed by atoms with van der Waals surface area (Å²) in [5.74, 6) is 1.11. The fourth-order valence-electron chi connectivity index (χ4n) is 2.61. The quantitative estimate of drug-likeness (QED) is 0.900.